The van der Waals surface area contributed by atoms with Gasteiger partial charge in [0.1, 0.15) is 6.17 Å². The lowest BCUT2D eigenvalue weighted by molar-refractivity contribution is -0.222. The van der Waals surface area contributed by atoms with E-state index < -0.39 is 68.9 Å². The summed E-state index contributed by atoms with van der Waals surface area (Å²) in [7, 11) is 0. The van der Waals surface area contributed by atoms with Gasteiger partial charge < -0.3 is 14.9 Å². The number of alkyl halides is 2. The van der Waals surface area contributed by atoms with Crippen LogP contribution in [0.2, 0.25) is 0 Å². The lowest BCUT2D eigenvalue weighted by Gasteiger charge is -2.63. The van der Waals surface area contributed by atoms with Crippen molar-refractivity contribution in [2.24, 2.45) is 34.5 Å². The molecule has 0 aromatic carbocycles. The largest absolute Gasteiger partial charge is 0.499 e. The molecule has 0 aliphatic heterocycles. The third kappa shape index (κ3) is 3.56. The maximum atomic E-state index is 17.4. The van der Waals surface area contributed by atoms with E-state index in [0.717, 1.165) is 12.8 Å². The maximum Gasteiger partial charge on any atom is 0.306 e. The van der Waals surface area contributed by atoms with Gasteiger partial charge in [-0.2, -0.15) is 0 Å². The van der Waals surface area contributed by atoms with E-state index in [1.807, 2.05) is 6.92 Å². The fourth-order valence-electron chi connectivity index (χ4n) is 9.09. The predicted molar refractivity (Wildman–Crippen MR) is 138 cm³/mol. The number of halogens is 2. The van der Waals surface area contributed by atoms with Crippen molar-refractivity contribution in [1.29, 1.82) is 0 Å². The number of hydrogen-bond donors (Lipinski definition) is 2. The van der Waals surface area contributed by atoms with Crippen molar-refractivity contribution in [3.8, 4) is 0 Å². The second-order valence-electron chi connectivity index (χ2n) is 12.7. The van der Waals surface area contributed by atoms with Gasteiger partial charge in [0.2, 0.25) is 5.05 Å². The van der Waals surface area contributed by atoms with Crippen LogP contribution in [0, 0.1) is 34.5 Å². The minimum Gasteiger partial charge on any atom is -0.499 e. The average Bonchev–Trinajstić information content (AvgIpc) is 3.42. The Hall–Kier alpha value is -1.67. The Morgan fingerprint density at radius 3 is 2.54 bits per heavy atom. The number of aliphatic hydroxyl groups excluding tert-OH is 2. The number of allylic oxidation sites excluding steroid dienone is 4. The standard InChI is InChI=1S/C29H38F2O5S/c1-16-12-19-20-14-22(30)21-13-18(32)10-11-26(21,2)28(20,31)23(33)15-27(19,3)29(16,25(35)37)36-24(34)9-8-17-6-4-5-7-17/h10-11,13,16-17,19-20,22-23,33H,4-9,12,14-15H2,1-3H3,(H,35,37)/t16-,19+,20+,22?,23+,26+,27+,28+,29+/m1/s1. The molecule has 5 nitrogen and oxygen atoms in total. The topological polar surface area (TPSA) is 83.8 Å². The molecule has 4 fully saturated rings. The molecule has 0 amide bonds. The number of esters is 1. The number of ether oxygens (including phenoxy) is 1. The first-order chi connectivity index (χ1) is 17.3. The van der Waals surface area contributed by atoms with E-state index in [9.17, 15) is 19.8 Å². The molecule has 0 aromatic rings. The van der Waals surface area contributed by atoms with Crippen LogP contribution in [0.25, 0.3) is 0 Å². The molecule has 5 rings (SSSR count). The number of fused-ring (bicyclic) bond motifs is 5. The Kier molecular flexibility index (Phi) is 6.50. The summed E-state index contributed by atoms with van der Waals surface area (Å²) in [4.78, 5) is 25.2. The van der Waals surface area contributed by atoms with Crippen molar-refractivity contribution >= 4 is 29.0 Å². The van der Waals surface area contributed by atoms with Crippen LogP contribution in [0.1, 0.15) is 78.6 Å². The summed E-state index contributed by atoms with van der Waals surface area (Å²) in [5, 5.41) is 22.0. The number of carbonyl (C=O) groups is 2. The smallest absolute Gasteiger partial charge is 0.306 e. The van der Waals surface area contributed by atoms with Gasteiger partial charge in [0, 0.05) is 29.1 Å². The Bertz CT molecular complexity index is 1070. The fourth-order valence-corrected chi connectivity index (χ4v) is 9.57. The Morgan fingerprint density at radius 1 is 1.22 bits per heavy atom. The van der Waals surface area contributed by atoms with E-state index in [4.69, 9.17) is 17.0 Å². The highest BCUT2D eigenvalue weighted by Gasteiger charge is 2.77. The first-order valence-corrected chi connectivity index (χ1v) is 14.1. The minimum atomic E-state index is -2.23. The average molecular weight is 537 g/mol. The first-order valence-electron chi connectivity index (χ1n) is 13.7. The molecule has 1 unspecified atom stereocenters. The molecule has 2 N–H and O–H groups in total. The SMILES string of the molecule is C[C@@H]1C[C@H]2[C@@H]3CC(F)C4=CC(=O)C=C[C@]4(C)[C@@]3(F)[C@@H](O)C[C@]2(C)[C@@]1(OC(=O)CCC1CCCC1)C(O)=S. The molecular formula is C29H38F2O5S. The predicted octanol–water partition coefficient (Wildman–Crippen LogP) is 5.69. The van der Waals surface area contributed by atoms with Crippen LogP contribution in [-0.4, -0.2) is 50.6 Å². The number of aliphatic hydroxyl groups is 2. The van der Waals surface area contributed by atoms with Crippen molar-refractivity contribution in [2.45, 2.75) is 102 Å². The monoisotopic (exact) mass is 536 g/mol. The Morgan fingerprint density at radius 2 is 1.89 bits per heavy atom. The van der Waals surface area contributed by atoms with Gasteiger partial charge in [0.25, 0.3) is 0 Å². The maximum absolute atomic E-state index is 17.4. The van der Waals surface area contributed by atoms with E-state index in [1.165, 1.54) is 31.1 Å². The van der Waals surface area contributed by atoms with Crippen molar-refractivity contribution in [1.82, 2.24) is 0 Å². The van der Waals surface area contributed by atoms with Gasteiger partial charge in [-0.15, -0.1) is 0 Å². The molecule has 0 heterocycles. The molecule has 0 bridgehead atoms. The van der Waals surface area contributed by atoms with Crippen LogP contribution in [0.15, 0.2) is 23.8 Å². The minimum absolute atomic E-state index is 0.0646. The molecule has 0 radical (unpaired) electrons. The third-order valence-electron chi connectivity index (χ3n) is 11.0. The molecular weight excluding hydrogens is 498 g/mol. The van der Waals surface area contributed by atoms with Crippen molar-refractivity contribution in [3.05, 3.63) is 23.8 Å². The summed E-state index contributed by atoms with van der Waals surface area (Å²) in [6, 6.07) is 0. The van der Waals surface area contributed by atoms with E-state index in [2.05, 4.69) is 0 Å². The van der Waals surface area contributed by atoms with Crippen LogP contribution in [0.3, 0.4) is 0 Å². The van der Waals surface area contributed by atoms with Gasteiger partial charge in [-0.25, -0.2) is 8.78 Å². The highest BCUT2D eigenvalue weighted by Crippen LogP contribution is 2.71. The molecule has 0 spiro atoms. The zero-order valence-electron chi connectivity index (χ0n) is 21.8. The molecule has 0 aromatic heterocycles. The molecule has 8 heteroatoms. The van der Waals surface area contributed by atoms with Crippen LogP contribution in [-0.2, 0) is 14.3 Å². The Labute approximate surface area is 222 Å². The highest BCUT2D eigenvalue weighted by atomic mass is 32.1. The second kappa shape index (κ2) is 8.94. The van der Waals surface area contributed by atoms with Crippen molar-refractivity contribution < 1.29 is 33.3 Å². The molecule has 5 aliphatic rings. The summed E-state index contributed by atoms with van der Waals surface area (Å²) < 4.78 is 39.1. The highest BCUT2D eigenvalue weighted by molar-refractivity contribution is 7.80. The molecule has 37 heavy (non-hydrogen) atoms. The summed E-state index contributed by atoms with van der Waals surface area (Å²) in [5.41, 5.74) is -6.33. The fraction of sp³-hybridized carbons (Fsp3) is 0.759. The number of rotatable bonds is 5. The van der Waals surface area contributed by atoms with Gasteiger partial charge in [0.05, 0.1) is 6.10 Å². The molecule has 4 saturated carbocycles. The molecule has 5 aliphatic carbocycles. The zero-order chi connectivity index (χ0) is 27.0. The third-order valence-corrected chi connectivity index (χ3v) is 11.3. The molecule has 9 atom stereocenters. The number of hydrogen-bond acceptors (Lipinski definition) is 5. The lowest BCUT2D eigenvalue weighted by atomic mass is 9.44. The summed E-state index contributed by atoms with van der Waals surface area (Å²) in [5.74, 6) is -2.24. The van der Waals surface area contributed by atoms with Crippen molar-refractivity contribution in [3.63, 3.8) is 0 Å². The number of carbonyl (C=O) groups excluding carboxylic acids is 2. The number of ketones is 1. The van der Waals surface area contributed by atoms with Crippen LogP contribution in [0.5, 0.6) is 0 Å². The second-order valence-corrected chi connectivity index (χ2v) is 13.1. The molecule has 204 valence electrons. The Balaban J connectivity index is 1.50. The van der Waals surface area contributed by atoms with Gasteiger partial charge in [0.15, 0.2) is 17.1 Å². The van der Waals surface area contributed by atoms with Crippen LogP contribution in [0.4, 0.5) is 8.78 Å². The lowest BCUT2D eigenvalue weighted by Crippen LogP contribution is -2.70. The quantitative estimate of drug-likeness (QED) is 0.347. The van der Waals surface area contributed by atoms with Crippen LogP contribution < -0.4 is 0 Å². The summed E-state index contributed by atoms with van der Waals surface area (Å²) in [6.07, 6.45) is 6.20. The van der Waals surface area contributed by atoms with E-state index in [1.54, 1.807) is 13.8 Å². The normalized spacial score (nSPS) is 47.1. The van der Waals surface area contributed by atoms with Gasteiger partial charge in [-0.3, -0.25) is 9.59 Å². The number of thiocarbonyl (C=S) groups is 1. The van der Waals surface area contributed by atoms with Gasteiger partial charge >= 0.3 is 5.97 Å². The van der Waals surface area contributed by atoms with Crippen LogP contribution >= 0.6 is 12.2 Å². The summed E-state index contributed by atoms with van der Waals surface area (Å²) >= 11 is 5.33. The van der Waals surface area contributed by atoms with Crippen molar-refractivity contribution in [2.75, 3.05) is 0 Å². The molecule has 0 saturated heterocycles. The van der Waals surface area contributed by atoms with E-state index in [-0.39, 0.29) is 24.8 Å². The zero-order valence-corrected chi connectivity index (χ0v) is 22.7. The summed E-state index contributed by atoms with van der Waals surface area (Å²) in [6.45, 7) is 5.17. The van der Waals surface area contributed by atoms with Gasteiger partial charge in [-0.1, -0.05) is 45.6 Å². The van der Waals surface area contributed by atoms with E-state index >= 15 is 8.78 Å². The van der Waals surface area contributed by atoms with E-state index in [0.29, 0.717) is 18.8 Å². The van der Waals surface area contributed by atoms with Gasteiger partial charge in [-0.05, 0) is 74.4 Å². The first kappa shape index (κ1) is 26.9.